The fraction of sp³-hybridized carbons (Fsp3) is 0.750. The zero-order valence-electron chi connectivity index (χ0n) is 12.8. The lowest BCUT2D eigenvalue weighted by Crippen LogP contribution is -2.41. The highest BCUT2D eigenvalue weighted by molar-refractivity contribution is 8.02. The highest BCUT2D eigenvalue weighted by atomic mass is 32.2. The molecule has 0 bridgehead atoms. The Morgan fingerprint density at radius 1 is 1.55 bits per heavy atom. The molecule has 124 valence electrons. The van der Waals surface area contributed by atoms with Crippen molar-refractivity contribution in [2.24, 2.45) is 0 Å². The molecule has 1 fully saturated rings. The van der Waals surface area contributed by atoms with Crippen LogP contribution in [-0.4, -0.2) is 65.8 Å². The highest BCUT2D eigenvalue weighted by Gasteiger charge is 2.34. The maximum atomic E-state index is 12.4. The summed E-state index contributed by atoms with van der Waals surface area (Å²) in [7, 11) is -1.32. The number of sulfone groups is 1. The summed E-state index contributed by atoms with van der Waals surface area (Å²) in [4.78, 5) is 14.0. The topological polar surface area (TPSA) is 92.3 Å². The van der Waals surface area contributed by atoms with Crippen molar-refractivity contribution in [2.75, 3.05) is 30.4 Å². The van der Waals surface area contributed by atoms with Gasteiger partial charge in [0.2, 0.25) is 11.0 Å². The first-order valence-electron chi connectivity index (χ1n) is 7.03. The van der Waals surface area contributed by atoms with Gasteiger partial charge >= 0.3 is 0 Å². The number of aromatic nitrogens is 2. The highest BCUT2D eigenvalue weighted by Crippen LogP contribution is 2.30. The van der Waals surface area contributed by atoms with Crippen LogP contribution >= 0.6 is 23.1 Å². The minimum atomic E-state index is -2.99. The van der Waals surface area contributed by atoms with E-state index in [4.69, 9.17) is 0 Å². The minimum Gasteiger partial charge on any atom is -0.360 e. The Morgan fingerprint density at radius 3 is 2.86 bits per heavy atom. The van der Waals surface area contributed by atoms with Gasteiger partial charge < -0.3 is 10.2 Å². The van der Waals surface area contributed by atoms with Gasteiger partial charge in [0.1, 0.15) is 0 Å². The lowest BCUT2D eigenvalue weighted by Gasteiger charge is -2.25. The molecule has 1 aromatic rings. The first-order valence-corrected chi connectivity index (χ1v) is 10.5. The number of carbonyl (C=O) groups is 1. The van der Waals surface area contributed by atoms with Crippen LogP contribution in [0.25, 0.3) is 0 Å². The summed E-state index contributed by atoms with van der Waals surface area (Å²) in [6.45, 7) is 4.55. The molecule has 1 saturated heterocycles. The van der Waals surface area contributed by atoms with E-state index in [1.807, 2.05) is 6.92 Å². The van der Waals surface area contributed by atoms with Gasteiger partial charge in [-0.2, -0.15) is 0 Å². The second-order valence-electron chi connectivity index (χ2n) is 5.17. The summed E-state index contributed by atoms with van der Waals surface area (Å²) >= 11 is 2.76. The quantitative estimate of drug-likeness (QED) is 0.756. The second-order valence-corrected chi connectivity index (χ2v) is 9.96. The molecule has 1 aliphatic rings. The van der Waals surface area contributed by atoms with Gasteiger partial charge in [-0.25, -0.2) is 8.42 Å². The summed E-state index contributed by atoms with van der Waals surface area (Å²) in [5, 5.41) is 11.5. The monoisotopic (exact) mass is 364 g/mol. The fourth-order valence-electron chi connectivity index (χ4n) is 2.23. The van der Waals surface area contributed by atoms with Gasteiger partial charge in [-0.05, 0) is 20.3 Å². The number of hydrogen-bond acceptors (Lipinski definition) is 8. The van der Waals surface area contributed by atoms with Crippen LogP contribution in [0.3, 0.4) is 0 Å². The molecule has 0 aromatic carbocycles. The molecular formula is C12H20N4O3S3. The molecule has 0 saturated carbocycles. The Morgan fingerprint density at radius 2 is 2.27 bits per heavy atom. The van der Waals surface area contributed by atoms with Crippen molar-refractivity contribution in [1.82, 2.24) is 15.1 Å². The number of anilines is 1. The Hall–Kier alpha value is -0.870. The smallest absolute Gasteiger partial charge is 0.235 e. The zero-order chi connectivity index (χ0) is 16.3. The maximum absolute atomic E-state index is 12.4. The Balaban J connectivity index is 1.93. The molecule has 0 unspecified atom stereocenters. The van der Waals surface area contributed by atoms with E-state index in [9.17, 15) is 13.2 Å². The van der Waals surface area contributed by atoms with Crippen LogP contribution in [0, 0.1) is 0 Å². The molecule has 1 aliphatic heterocycles. The number of thioether (sulfide) groups is 1. The number of carbonyl (C=O) groups excluding carboxylic acids is 1. The van der Waals surface area contributed by atoms with E-state index < -0.39 is 9.84 Å². The normalized spacial score (nSPS) is 21.5. The molecular weight excluding hydrogens is 344 g/mol. The van der Waals surface area contributed by atoms with Gasteiger partial charge in [0.05, 0.1) is 16.8 Å². The summed E-state index contributed by atoms with van der Waals surface area (Å²) in [5.41, 5.74) is 0. The average molecular weight is 365 g/mol. The molecule has 2 heterocycles. The molecule has 1 N–H and O–H groups in total. The predicted molar refractivity (Wildman–Crippen MR) is 89.2 cm³/mol. The zero-order valence-corrected chi connectivity index (χ0v) is 15.2. The second kappa shape index (κ2) is 7.14. The Kier molecular flexibility index (Phi) is 5.67. The van der Waals surface area contributed by atoms with Gasteiger partial charge in [-0.3, -0.25) is 4.79 Å². The molecule has 1 aromatic heterocycles. The molecule has 0 aliphatic carbocycles. The van der Waals surface area contributed by atoms with Crippen molar-refractivity contribution in [3.05, 3.63) is 0 Å². The molecule has 7 nitrogen and oxygen atoms in total. The van der Waals surface area contributed by atoms with Crippen LogP contribution in [0.4, 0.5) is 5.13 Å². The Bertz CT molecular complexity index is 631. The molecule has 2 rings (SSSR count). The van der Waals surface area contributed by atoms with Crippen LogP contribution in [0.5, 0.6) is 0 Å². The SMILES string of the molecule is CCNc1nnc(S[C@@H](C)C(=O)N(C)[C@H]2CCS(=O)(=O)C2)s1. The first-order chi connectivity index (χ1) is 10.3. The van der Waals surface area contributed by atoms with Crippen LogP contribution in [0.2, 0.25) is 0 Å². The van der Waals surface area contributed by atoms with Gasteiger partial charge in [0.15, 0.2) is 14.2 Å². The van der Waals surface area contributed by atoms with Crippen molar-refractivity contribution in [3.63, 3.8) is 0 Å². The van der Waals surface area contributed by atoms with Gasteiger partial charge in [-0.1, -0.05) is 23.1 Å². The third-order valence-corrected chi connectivity index (χ3v) is 7.27. The molecule has 22 heavy (non-hydrogen) atoms. The average Bonchev–Trinajstić information content (AvgIpc) is 3.04. The van der Waals surface area contributed by atoms with E-state index in [0.29, 0.717) is 6.42 Å². The van der Waals surface area contributed by atoms with Crippen molar-refractivity contribution >= 4 is 44.0 Å². The lowest BCUT2D eigenvalue weighted by atomic mass is 10.2. The van der Waals surface area contributed by atoms with Crippen LogP contribution in [0.15, 0.2) is 4.34 Å². The van der Waals surface area contributed by atoms with E-state index in [2.05, 4.69) is 15.5 Å². The van der Waals surface area contributed by atoms with E-state index in [-0.39, 0.29) is 28.7 Å². The van der Waals surface area contributed by atoms with Crippen LogP contribution in [0.1, 0.15) is 20.3 Å². The number of hydrogen-bond donors (Lipinski definition) is 1. The molecule has 0 radical (unpaired) electrons. The van der Waals surface area contributed by atoms with E-state index in [0.717, 1.165) is 16.0 Å². The van der Waals surface area contributed by atoms with Crippen molar-refractivity contribution in [3.8, 4) is 0 Å². The summed E-state index contributed by atoms with van der Waals surface area (Å²) in [6, 6.07) is -0.215. The third kappa shape index (κ3) is 4.32. The number of nitrogens with one attached hydrogen (secondary N) is 1. The lowest BCUT2D eigenvalue weighted by molar-refractivity contribution is -0.130. The number of rotatable bonds is 6. The van der Waals surface area contributed by atoms with Crippen molar-refractivity contribution in [2.45, 2.75) is 35.9 Å². The van der Waals surface area contributed by atoms with Crippen LogP contribution in [-0.2, 0) is 14.6 Å². The number of nitrogens with zero attached hydrogens (tertiary/aromatic N) is 3. The summed E-state index contributed by atoms with van der Waals surface area (Å²) < 4.78 is 23.8. The largest absolute Gasteiger partial charge is 0.360 e. The van der Waals surface area contributed by atoms with E-state index >= 15 is 0 Å². The van der Waals surface area contributed by atoms with Crippen molar-refractivity contribution in [1.29, 1.82) is 0 Å². The maximum Gasteiger partial charge on any atom is 0.235 e. The van der Waals surface area contributed by atoms with Gasteiger partial charge in [-0.15, -0.1) is 10.2 Å². The standard InChI is InChI=1S/C12H20N4O3S3/c1-4-13-11-14-15-12(21-11)20-8(2)10(17)16(3)9-5-6-22(18,19)7-9/h8-9H,4-7H2,1-3H3,(H,13,14)/t8-,9-/m0/s1. The fourth-order valence-corrected chi connectivity index (χ4v) is 6.07. The first kappa shape index (κ1) is 17.5. The minimum absolute atomic E-state index is 0.0655. The number of amides is 1. The third-order valence-electron chi connectivity index (χ3n) is 3.46. The molecule has 2 atom stereocenters. The van der Waals surface area contributed by atoms with Crippen LogP contribution < -0.4 is 5.32 Å². The van der Waals surface area contributed by atoms with E-state index in [1.165, 1.54) is 23.1 Å². The van der Waals surface area contributed by atoms with Gasteiger partial charge in [0.25, 0.3) is 0 Å². The Labute approximate surface area is 138 Å². The summed E-state index contributed by atoms with van der Waals surface area (Å²) in [5.74, 6) is 0.155. The summed E-state index contributed by atoms with van der Waals surface area (Å²) in [6.07, 6.45) is 0.519. The van der Waals surface area contributed by atoms with Crippen molar-refractivity contribution < 1.29 is 13.2 Å². The molecule has 1 amide bonds. The van der Waals surface area contributed by atoms with Gasteiger partial charge in [0, 0.05) is 19.6 Å². The van der Waals surface area contributed by atoms with E-state index in [1.54, 1.807) is 18.9 Å². The predicted octanol–water partition coefficient (Wildman–Crippen LogP) is 1.10. The molecule has 10 heteroatoms. The molecule has 0 spiro atoms.